The van der Waals surface area contributed by atoms with Gasteiger partial charge < -0.3 is 11.1 Å². The lowest BCUT2D eigenvalue weighted by Crippen LogP contribution is -2.10. The highest BCUT2D eigenvalue weighted by Crippen LogP contribution is 2.22. The van der Waals surface area contributed by atoms with Gasteiger partial charge in [-0.3, -0.25) is 10.2 Å². The van der Waals surface area contributed by atoms with Gasteiger partial charge in [-0.2, -0.15) is 5.26 Å². The summed E-state index contributed by atoms with van der Waals surface area (Å²) in [4.78, 5) is 11.4. The monoisotopic (exact) mass is 304 g/mol. The van der Waals surface area contributed by atoms with Gasteiger partial charge in [0.15, 0.2) is 0 Å². The van der Waals surface area contributed by atoms with Crippen molar-refractivity contribution < 1.29 is 4.79 Å². The molecule has 4 N–H and O–H groups in total. The summed E-state index contributed by atoms with van der Waals surface area (Å²) in [5, 5.41) is 20.1. The van der Waals surface area contributed by atoms with Crippen molar-refractivity contribution in [3.8, 4) is 6.07 Å². The van der Waals surface area contributed by atoms with E-state index < -0.39 is 0 Å². The van der Waals surface area contributed by atoms with Crippen LogP contribution in [0.1, 0.15) is 22.3 Å². The quantitative estimate of drug-likeness (QED) is 0.459. The largest absolute Gasteiger partial charge is 0.398 e. The number of hydrogen-bond acceptors (Lipinski definition) is 4. The molecule has 0 aliphatic rings. The van der Waals surface area contributed by atoms with Crippen LogP contribution in [0.5, 0.6) is 0 Å². The number of carbonyl (C=O) groups is 1. The van der Waals surface area contributed by atoms with Crippen LogP contribution in [-0.4, -0.2) is 11.6 Å². The minimum Gasteiger partial charge on any atom is -0.398 e. The molecule has 0 unspecified atom stereocenters. The molecule has 0 aliphatic carbocycles. The molecule has 114 valence electrons. The van der Waals surface area contributed by atoms with Crippen molar-refractivity contribution in [3.63, 3.8) is 0 Å². The number of hydrogen-bond donors (Lipinski definition) is 3. The molecule has 2 aromatic rings. The highest BCUT2D eigenvalue weighted by atomic mass is 16.1. The zero-order valence-corrected chi connectivity index (χ0v) is 12.7. The molecule has 1 amide bonds. The molecule has 0 spiro atoms. The predicted molar refractivity (Wildman–Crippen MR) is 91.5 cm³/mol. The van der Waals surface area contributed by atoms with Gasteiger partial charge in [0.25, 0.3) is 0 Å². The molecule has 0 saturated carbocycles. The summed E-state index contributed by atoms with van der Waals surface area (Å²) in [5.74, 6) is -0.382. The SMILES string of the molecule is C=CC(=O)Nc1cc(C#N)cc(C(=N)c2ccc(C)cc2N)c1. The number of nitrogens with one attached hydrogen (secondary N) is 2. The number of amides is 1. The molecule has 0 fully saturated rings. The van der Waals surface area contributed by atoms with Crippen molar-refractivity contribution in [2.24, 2.45) is 0 Å². The predicted octanol–water partition coefficient (Wildman–Crippen LogP) is 2.99. The third-order valence-electron chi connectivity index (χ3n) is 3.28. The van der Waals surface area contributed by atoms with E-state index >= 15 is 0 Å². The van der Waals surface area contributed by atoms with Gasteiger partial charge in [0.2, 0.25) is 5.91 Å². The fourth-order valence-electron chi connectivity index (χ4n) is 2.17. The van der Waals surface area contributed by atoms with Crippen molar-refractivity contribution in [1.29, 1.82) is 10.7 Å². The maximum absolute atomic E-state index is 11.4. The molecular weight excluding hydrogens is 288 g/mol. The summed E-state index contributed by atoms with van der Waals surface area (Å²) in [6.45, 7) is 5.31. The van der Waals surface area contributed by atoms with Crippen LogP contribution < -0.4 is 11.1 Å². The minimum atomic E-state index is -0.382. The molecular formula is C18H16N4O. The summed E-state index contributed by atoms with van der Waals surface area (Å²) in [5.41, 5.74) is 9.52. The lowest BCUT2D eigenvalue weighted by atomic mass is 9.97. The zero-order valence-electron chi connectivity index (χ0n) is 12.7. The molecule has 0 saturated heterocycles. The Kier molecular flexibility index (Phi) is 4.58. The minimum absolute atomic E-state index is 0.189. The van der Waals surface area contributed by atoms with Crippen LogP contribution in [-0.2, 0) is 4.79 Å². The number of anilines is 2. The van der Waals surface area contributed by atoms with Gasteiger partial charge in [0, 0.05) is 22.5 Å². The molecule has 0 heterocycles. The van der Waals surface area contributed by atoms with Crippen molar-refractivity contribution in [2.75, 3.05) is 11.1 Å². The number of aryl methyl sites for hydroxylation is 1. The van der Waals surface area contributed by atoms with Crippen LogP contribution in [0.25, 0.3) is 0 Å². The fourth-order valence-corrected chi connectivity index (χ4v) is 2.17. The second-order valence-corrected chi connectivity index (χ2v) is 5.07. The molecule has 23 heavy (non-hydrogen) atoms. The number of nitrogens with zero attached hydrogens (tertiary/aromatic N) is 1. The van der Waals surface area contributed by atoms with Gasteiger partial charge in [-0.1, -0.05) is 18.7 Å². The van der Waals surface area contributed by atoms with Crippen molar-refractivity contribution in [1.82, 2.24) is 0 Å². The normalized spacial score (nSPS) is 9.74. The summed E-state index contributed by atoms with van der Waals surface area (Å²) >= 11 is 0. The first-order valence-electron chi connectivity index (χ1n) is 6.88. The smallest absolute Gasteiger partial charge is 0.247 e. The van der Waals surface area contributed by atoms with E-state index in [1.54, 1.807) is 24.3 Å². The first-order valence-corrected chi connectivity index (χ1v) is 6.88. The summed E-state index contributed by atoms with van der Waals surface area (Å²) in [7, 11) is 0. The topological polar surface area (TPSA) is 103 Å². The third-order valence-corrected chi connectivity index (χ3v) is 3.28. The van der Waals surface area contributed by atoms with Crippen molar-refractivity contribution >= 4 is 23.0 Å². The Bertz CT molecular complexity index is 847. The highest BCUT2D eigenvalue weighted by Gasteiger charge is 2.11. The molecule has 5 nitrogen and oxygen atoms in total. The molecule has 0 aliphatic heterocycles. The Morgan fingerprint density at radius 1 is 1.35 bits per heavy atom. The van der Waals surface area contributed by atoms with Gasteiger partial charge >= 0.3 is 0 Å². The molecule has 0 aromatic heterocycles. The standard InChI is InChI=1S/C18H16N4O/c1-3-17(23)22-14-8-12(10-19)7-13(9-14)18(21)15-5-4-11(2)6-16(15)20/h3-9,21H,1,20H2,2H3,(H,22,23). The first kappa shape index (κ1) is 16.0. The maximum atomic E-state index is 11.4. The second-order valence-electron chi connectivity index (χ2n) is 5.07. The number of carbonyl (C=O) groups excluding carboxylic acids is 1. The van der Waals surface area contributed by atoms with E-state index in [0.717, 1.165) is 11.6 Å². The fraction of sp³-hybridized carbons (Fsp3) is 0.0556. The maximum Gasteiger partial charge on any atom is 0.247 e. The van der Waals surface area contributed by atoms with Crippen LogP contribution in [0.3, 0.4) is 0 Å². The first-order chi connectivity index (χ1) is 10.9. The zero-order chi connectivity index (χ0) is 17.0. The lowest BCUT2D eigenvalue weighted by molar-refractivity contribution is -0.111. The molecule has 2 aromatic carbocycles. The number of benzene rings is 2. The second kappa shape index (κ2) is 6.58. The molecule has 2 rings (SSSR count). The van der Waals surface area contributed by atoms with E-state index in [-0.39, 0.29) is 11.6 Å². The Labute approximate surface area is 134 Å². The van der Waals surface area contributed by atoms with Gasteiger partial charge in [0.1, 0.15) is 0 Å². The Hall–Kier alpha value is -3.39. The number of rotatable bonds is 4. The van der Waals surface area contributed by atoms with Crippen LogP contribution in [0.2, 0.25) is 0 Å². The van der Waals surface area contributed by atoms with E-state index in [1.165, 1.54) is 6.07 Å². The average molecular weight is 304 g/mol. The Morgan fingerprint density at radius 2 is 2.09 bits per heavy atom. The van der Waals surface area contributed by atoms with E-state index in [1.807, 2.05) is 19.1 Å². The van der Waals surface area contributed by atoms with E-state index in [9.17, 15) is 4.79 Å². The third kappa shape index (κ3) is 3.63. The Morgan fingerprint density at radius 3 is 2.70 bits per heavy atom. The van der Waals surface area contributed by atoms with Crippen LogP contribution in [0.4, 0.5) is 11.4 Å². The van der Waals surface area contributed by atoms with Gasteiger partial charge in [-0.15, -0.1) is 0 Å². The van der Waals surface area contributed by atoms with E-state index in [2.05, 4.69) is 11.9 Å². The summed E-state index contributed by atoms with van der Waals surface area (Å²) in [6.07, 6.45) is 1.14. The number of nitrogens with two attached hydrogens (primary N) is 1. The molecule has 0 radical (unpaired) electrons. The number of nitrogen functional groups attached to an aromatic ring is 1. The highest BCUT2D eigenvalue weighted by molar-refractivity contribution is 6.14. The lowest BCUT2D eigenvalue weighted by Gasteiger charge is -2.11. The molecule has 5 heteroatoms. The molecule has 0 atom stereocenters. The summed E-state index contributed by atoms with van der Waals surface area (Å²) < 4.78 is 0. The van der Waals surface area contributed by atoms with E-state index in [0.29, 0.717) is 28.1 Å². The Balaban J connectivity index is 2.47. The van der Waals surface area contributed by atoms with Crippen molar-refractivity contribution in [3.05, 3.63) is 71.3 Å². The van der Waals surface area contributed by atoms with Gasteiger partial charge in [-0.25, -0.2) is 0 Å². The van der Waals surface area contributed by atoms with Crippen LogP contribution in [0.15, 0.2) is 49.1 Å². The van der Waals surface area contributed by atoms with Gasteiger partial charge in [0.05, 0.1) is 17.3 Å². The average Bonchev–Trinajstić information content (AvgIpc) is 2.53. The number of nitriles is 1. The molecule has 0 bridgehead atoms. The van der Waals surface area contributed by atoms with Crippen molar-refractivity contribution in [2.45, 2.75) is 6.92 Å². The van der Waals surface area contributed by atoms with Crippen LogP contribution in [0, 0.1) is 23.7 Å². The van der Waals surface area contributed by atoms with Crippen LogP contribution >= 0.6 is 0 Å². The van der Waals surface area contributed by atoms with Gasteiger partial charge in [-0.05, 0) is 42.8 Å². The van der Waals surface area contributed by atoms with E-state index in [4.69, 9.17) is 16.4 Å². The summed E-state index contributed by atoms with van der Waals surface area (Å²) in [6, 6.07) is 12.2.